The second-order valence-electron chi connectivity index (χ2n) is 7.92. The van der Waals surface area contributed by atoms with E-state index in [9.17, 15) is 18.0 Å². The van der Waals surface area contributed by atoms with Gasteiger partial charge in [0.05, 0.1) is 13.2 Å². The lowest BCUT2D eigenvalue weighted by Crippen LogP contribution is -2.09. The summed E-state index contributed by atoms with van der Waals surface area (Å²) in [6, 6.07) is 18.9. The molecule has 0 radical (unpaired) electrons. The first-order valence-corrected chi connectivity index (χ1v) is 11.2. The van der Waals surface area contributed by atoms with Gasteiger partial charge in [-0.05, 0) is 72.2 Å². The lowest BCUT2D eigenvalue weighted by atomic mass is 10.1. The predicted octanol–water partition coefficient (Wildman–Crippen LogP) is 6.16. The maximum Gasteiger partial charge on any atom is 0.389 e. The van der Waals surface area contributed by atoms with Gasteiger partial charge in [0.1, 0.15) is 17.2 Å². The van der Waals surface area contributed by atoms with Crippen LogP contribution in [0.3, 0.4) is 0 Å². The Morgan fingerprint density at radius 1 is 0.861 bits per heavy atom. The first-order chi connectivity index (χ1) is 17.2. The highest BCUT2D eigenvalue weighted by Gasteiger charge is 2.26. The summed E-state index contributed by atoms with van der Waals surface area (Å²) >= 11 is 0. The van der Waals surface area contributed by atoms with Gasteiger partial charge in [-0.25, -0.2) is 4.79 Å². The van der Waals surface area contributed by atoms with Gasteiger partial charge in [-0.15, -0.1) is 0 Å². The van der Waals surface area contributed by atoms with E-state index in [0.717, 1.165) is 11.1 Å². The summed E-state index contributed by atoms with van der Waals surface area (Å²) in [6.45, 7) is 0.181. The lowest BCUT2D eigenvalue weighted by molar-refractivity contribution is -0.138. The quantitative estimate of drug-likeness (QED) is 0.142. The molecule has 0 aliphatic rings. The van der Waals surface area contributed by atoms with Crippen molar-refractivity contribution in [2.24, 2.45) is 0 Å². The highest BCUT2D eigenvalue weighted by molar-refractivity contribution is 5.87. The molecule has 0 aromatic heterocycles. The first-order valence-electron chi connectivity index (χ1n) is 11.2. The third kappa shape index (κ3) is 9.25. The molecule has 3 rings (SSSR count). The van der Waals surface area contributed by atoms with E-state index in [2.05, 4.69) is 0 Å². The van der Waals surface area contributed by atoms with Gasteiger partial charge in [-0.1, -0.05) is 18.2 Å². The Balaban J connectivity index is 1.41. The van der Waals surface area contributed by atoms with Crippen molar-refractivity contribution in [3.8, 4) is 17.2 Å². The van der Waals surface area contributed by atoms with Crippen LogP contribution in [0.1, 0.15) is 24.0 Å². The molecule has 0 unspecified atom stereocenters. The molecule has 0 atom stereocenters. The number of carbonyl (C=O) groups is 1. The topological polar surface area (TPSA) is 96.8 Å². The number of benzene rings is 3. The van der Waals surface area contributed by atoms with Crippen LogP contribution in [0.25, 0.3) is 6.08 Å². The van der Waals surface area contributed by atoms with Crippen molar-refractivity contribution < 1.29 is 32.2 Å². The molecule has 0 spiro atoms. The number of ether oxygens (including phenoxy) is 3. The highest BCUT2D eigenvalue weighted by Crippen LogP contribution is 2.25. The number of alkyl halides is 3. The van der Waals surface area contributed by atoms with E-state index >= 15 is 0 Å². The highest BCUT2D eigenvalue weighted by atomic mass is 19.4. The number of nitrogen functional groups attached to an aromatic ring is 2. The Labute approximate surface area is 207 Å². The summed E-state index contributed by atoms with van der Waals surface area (Å²) < 4.78 is 52.8. The minimum Gasteiger partial charge on any atom is -0.494 e. The van der Waals surface area contributed by atoms with Crippen LogP contribution in [0.4, 0.5) is 24.5 Å². The number of halogens is 3. The number of carbonyl (C=O) groups excluding carboxylic acids is 1. The summed E-state index contributed by atoms with van der Waals surface area (Å²) in [4.78, 5) is 12.0. The van der Waals surface area contributed by atoms with Gasteiger partial charge >= 0.3 is 12.1 Å². The van der Waals surface area contributed by atoms with Crippen LogP contribution >= 0.6 is 0 Å². The van der Waals surface area contributed by atoms with E-state index in [1.54, 1.807) is 66.7 Å². The fourth-order valence-electron chi connectivity index (χ4n) is 3.16. The Morgan fingerprint density at radius 2 is 1.50 bits per heavy atom. The molecule has 0 fully saturated rings. The zero-order chi connectivity index (χ0) is 26.0. The van der Waals surface area contributed by atoms with Crippen molar-refractivity contribution in [1.82, 2.24) is 0 Å². The summed E-state index contributed by atoms with van der Waals surface area (Å²) in [6.07, 6.45) is -1.68. The van der Waals surface area contributed by atoms with Gasteiger partial charge in [0.2, 0.25) is 0 Å². The average molecular weight is 501 g/mol. The molecule has 0 aliphatic heterocycles. The van der Waals surface area contributed by atoms with Gasteiger partial charge < -0.3 is 25.7 Å². The van der Waals surface area contributed by atoms with Crippen molar-refractivity contribution in [3.05, 3.63) is 83.9 Å². The summed E-state index contributed by atoms with van der Waals surface area (Å²) in [7, 11) is 0. The zero-order valence-electron chi connectivity index (χ0n) is 19.5. The fourth-order valence-corrected chi connectivity index (χ4v) is 3.16. The molecule has 9 heteroatoms. The van der Waals surface area contributed by atoms with Crippen LogP contribution in [0.15, 0.2) is 72.8 Å². The van der Waals surface area contributed by atoms with Crippen molar-refractivity contribution in [2.45, 2.75) is 25.4 Å². The van der Waals surface area contributed by atoms with E-state index in [4.69, 9.17) is 25.7 Å². The van der Waals surface area contributed by atoms with Crippen molar-refractivity contribution in [3.63, 3.8) is 0 Å². The third-order valence-corrected chi connectivity index (χ3v) is 5.01. The van der Waals surface area contributed by atoms with Crippen molar-refractivity contribution in [2.75, 3.05) is 24.7 Å². The van der Waals surface area contributed by atoms with E-state index in [-0.39, 0.29) is 19.6 Å². The fraction of sp³-hybridized carbons (Fsp3) is 0.222. The Bertz CT molecular complexity index is 1160. The molecule has 3 aromatic carbocycles. The standard InChI is InChI=1S/C27H27F3N2O4/c28-27(29,30)15-1-16-34-22-9-11-24(12-10-22)36-23-7-2-19(3-8-23)4-13-26(33)35-17-14-20-5-6-21(31)18-25(20)32/h2-13,18H,1,14-17,31-32H2/b13-4+. The molecule has 190 valence electrons. The van der Waals surface area contributed by atoms with E-state index < -0.39 is 18.6 Å². The Kier molecular flexibility index (Phi) is 9.21. The Hall–Kier alpha value is -4.14. The number of hydrogen-bond donors (Lipinski definition) is 2. The normalized spacial score (nSPS) is 11.4. The summed E-state index contributed by atoms with van der Waals surface area (Å²) in [5.74, 6) is 1.12. The largest absolute Gasteiger partial charge is 0.494 e. The zero-order valence-corrected chi connectivity index (χ0v) is 19.5. The summed E-state index contributed by atoms with van der Waals surface area (Å²) in [5, 5.41) is 0. The minimum atomic E-state index is -4.18. The van der Waals surface area contributed by atoms with Crippen LogP contribution in [0.5, 0.6) is 17.2 Å². The van der Waals surface area contributed by atoms with Gasteiger partial charge in [-0.2, -0.15) is 13.2 Å². The van der Waals surface area contributed by atoms with Crippen LogP contribution < -0.4 is 20.9 Å². The number of nitrogens with two attached hydrogens (primary N) is 2. The molecule has 4 N–H and O–H groups in total. The van der Waals surface area contributed by atoms with Gasteiger partial charge in [0, 0.05) is 30.3 Å². The molecular weight excluding hydrogens is 473 g/mol. The lowest BCUT2D eigenvalue weighted by Gasteiger charge is -2.09. The van der Waals surface area contributed by atoms with Gasteiger partial charge in [-0.3, -0.25) is 0 Å². The van der Waals surface area contributed by atoms with Crippen LogP contribution in [-0.4, -0.2) is 25.4 Å². The van der Waals surface area contributed by atoms with Gasteiger partial charge in [0.15, 0.2) is 0 Å². The maximum absolute atomic E-state index is 12.2. The molecule has 0 bridgehead atoms. The summed E-state index contributed by atoms with van der Waals surface area (Å²) in [5.41, 5.74) is 14.3. The first kappa shape index (κ1) is 26.5. The van der Waals surface area contributed by atoms with Crippen LogP contribution in [-0.2, 0) is 16.0 Å². The Morgan fingerprint density at radius 3 is 2.14 bits per heavy atom. The molecule has 0 aliphatic carbocycles. The molecule has 3 aromatic rings. The number of hydrogen-bond acceptors (Lipinski definition) is 6. The maximum atomic E-state index is 12.2. The second kappa shape index (κ2) is 12.5. The van der Waals surface area contributed by atoms with Crippen molar-refractivity contribution in [1.29, 1.82) is 0 Å². The smallest absolute Gasteiger partial charge is 0.389 e. The monoisotopic (exact) mass is 500 g/mol. The van der Waals surface area contributed by atoms with Gasteiger partial charge in [0.25, 0.3) is 0 Å². The van der Waals surface area contributed by atoms with Crippen molar-refractivity contribution >= 4 is 23.4 Å². The van der Waals surface area contributed by atoms with Crippen LogP contribution in [0.2, 0.25) is 0 Å². The molecule has 6 nitrogen and oxygen atoms in total. The van der Waals surface area contributed by atoms with E-state index in [1.807, 2.05) is 6.07 Å². The SMILES string of the molecule is Nc1ccc(CCOC(=O)/C=C/c2ccc(Oc3ccc(OCCCC(F)(F)F)cc3)cc2)c(N)c1. The molecule has 0 saturated heterocycles. The molecular formula is C27H27F3N2O4. The van der Waals surface area contributed by atoms with Crippen LogP contribution in [0, 0.1) is 0 Å². The predicted molar refractivity (Wildman–Crippen MR) is 133 cm³/mol. The van der Waals surface area contributed by atoms with E-state index in [1.165, 1.54) is 6.08 Å². The molecule has 0 heterocycles. The number of anilines is 2. The minimum absolute atomic E-state index is 0.0144. The molecule has 36 heavy (non-hydrogen) atoms. The number of esters is 1. The van der Waals surface area contributed by atoms with E-state index in [0.29, 0.717) is 35.0 Å². The third-order valence-electron chi connectivity index (χ3n) is 5.01. The molecule has 0 amide bonds. The second-order valence-corrected chi connectivity index (χ2v) is 7.92. The number of rotatable bonds is 11. The molecule has 0 saturated carbocycles. The average Bonchev–Trinajstić information content (AvgIpc) is 2.83.